The molecule has 0 bridgehead atoms. The fourth-order valence-corrected chi connectivity index (χ4v) is 2.68. The molecule has 6 nitrogen and oxygen atoms in total. The van der Waals surface area contributed by atoms with Crippen molar-refractivity contribution in [2.45, 2.75) is 34.2 Å². The number of carbonyl (C=O) groups excluding carboxylic acids is 1. The number of nitrogens with zero attached hydrogens (tertiary/aromatic N) is 3. The van der Waals surface area contributed by atoms with Crippen LogP contribution in [-0.2, 0) is 18.4 Å². The molecule has 0 unspecified atom stereocenters. The molecule has 1 rings (SSSR count). The summed E-state index contributed by atoms with van der Waals surface area (Å²) < 4.78 is 3.16. The molecule has 8 heteroatoms. The van der Waals surface area contributed by atoms with Gasteiger partial charge in [-0.3, -0.25) is 9.79 Å². The average molecular weight is 528 g/mol. The van der Waals surface area contributed by atoms with Crippen LogP contribution in [0.3, 0.4) is 0 Å². The van der Waals surface area contributed by atoms with E-state index in [2.05, 4.69) is 47.1 Å². The summed E-state index contributed by atoms with van der Waals surface area (Å²) in [7, 11) is 4.04. The summed E-state index contributed by atoms with van der Waals surface area (Å²) in [6, 6.07) is 2.10. The number of hydrogen-bond acceptors (Lipinski definition) is 2. The highest BCUT2D eigenvalue weighted by atomic mass is 127. The first-order chi connectivity index (χ1) is 11.1. The minimum absolute atomic E-state index is 0. The first-order valence-corrected chi connectivity index (χ1v) is 9.03. The molecule has 0 saturated carbocycles. The predicted molar refractivity (Wildman–Crippen MR) is 118 cm³/mol. The van der Waals surface area contributed by atoms with Gasteiger partial charge < -0.3 is 20.1 Å². The zero-order chi connectivity index (χ0) is 18.3. The minimum Gasteiger partial charge on any atom is -0.357 e. The number of hydrogen-bond donors (Lipinski definition) is 2. The molecule has 1 aromatic rings. The lowest BCUT2D eigenvalue weighted by Crippen LogP contribution is -2.40. The van der Waals surface area contributed by atoms with Gasteiger partial charge in [0.2, 0.25) is 5.91 Å². The first-order valence-electron chi connectivity index (χ1n) is 8.23. The maximum absolute atomic E-state index is 11.9. The van der Waals surface area contributed by atoms with Crippen LogP contribution in [0.25, 0.3) is 0 Å². The van der Waals surface area contributed by atoms with Crippen molar-refractivity contribution < 1.29 is 4.79 Å². The molecule has 0 aliphatic rings. The number of aliphatic imine (C=N–C) groups is 1. The van der Waals surface area contributed by atoms with Crippen molar-refractivity contribution in [1.82, 2.24) is 20.1 Å². The highest BCUT2D eigenvalue weighted by Gasteiger charge is 2.20. The Hall–Kier alpha value is -0.770. The zero-order valence-corrected chi connectivity index (χ0v) is 19.9. The second kappa shape index (κ2) is 11.1. The van der Waals surface area contributed by atoms with Crippen LogP contribution in [0.2, 0.25) is 0 Å². The number of guanidine groups is 1. The van der Waals surface area contributed by atoms with E-state index in [1.165, 1.54) is 5.69 Å². The molecule has 0 aliphatic carbocycles. The van der Waals surface area contributed by atoms with Crippen molar-refractivity contribution in [3.05, 3.63) is 22.4 Å². The Balaban J connectivity index is 0.00000576. The summed E-state index contributed by atoms with van der Waals surface area (Å²) in [5.74, 6) is 0.879. The van der Waals surface area contributed by atoms with Gasteiger partial charge in [-0.2, -0.15) is 0 Å². The monoisotopic (exact) mass is 527 g/mol. The maximum Gasteiger partial charge on any atom is 0.225 e. The van der Waals surface area contributed by atoms with E-state index in [0.29, 0.717) is 13.1 Å². The summed E-state index contributed by atoms with van der Waals surface area (Å²) in [5, 5.41) is 6.21. The van der Waals surface area contributed by atoms with Gasteiger partial charge in [-0.1, -0.05) is 20.8 Å². The van der Waals surface area contributed by atoms with Crippen molar-refractivity contribution in [3.63, 3.8) is 0 Å². The second-order valence-electron chi connectivity index (χ2n) is 6.86. The Bertz CT molecular complexity index is 580. The lowest BCUT2D eigenvalue weighted by molar-refractivity contribution is -0.128. The van der Waals surface area contributed by atoms with Crippen LogP contribution in [0.1, 0.15) is 33.4 Å². The normalized spacial score (nSPS) is 11.7. The lowest BCUT2D eigenvalue weighted by atomic mass is 9.96. The van der Waals surface area contributed by atoms with Gasteiger partial charge >= 0.3 is 0 Å². The van der Waals surface area contributed by atoms with Crippen molar-refractivity contribution in [3.8, 4) is 0 Å². The molecule has 1 heterocycles. The summed E-state index contributed by atoms with van der Waals surface area (Å²) in [6.07, 6.45) is 2.04. The molecule has 0 spiro atoms. The van der Waals surface area contributed by atoms with Crippen LogP contribution in [0.4, 0.5) is 0 Å². The van der Waals surface area contributed by atoms with Crippen LogP contribution < -0.4 is 10.6 Å². The fourth-order valence-electron chi connectivity index (χ4n) is 2.11. The van der Waals surface area contributed by atoms with Crippen molar-refractivity contribution in [2.75, 3.05) is 26.7 Å². The fraction of sp³-hybridized carbons (Fsp3) is 0.647. The molecule has 0 fully saturated rings. The summed E-state index contributed by atoms with van der Waals surface area (Å²) >= 11 is 3.50. The van der Waals surface area contributed by atoms with Gasteiger partial charge in [-0.05, 0) is 28.9 Å². The van der Waals surface area contributed by atoms with Crippen molar-refractivity contribution in [2.24, 2.45) is 17.5 Å². The third kappa shape index (κ3) is 8.44. The van der Waals surface area contributed by atoms with Gasteiger partial charge in [-0.15, -0.1) is 24.0 Å². The molecular weight excluding hydrogens is 497 g/mol. The Morgan fingerprint density at radius 1 is 1.36 bits per heavy atom. The van der Waals surface area contributed by atoms with Gasteiger partial charge in [0.1, 0.15) is 0 Å². The van der Waals surface area contributed by atoms with Crippen LogP contribution in [-0.4, -0.2) is 48.0 Å². The van der Waals surface area contributed by atoms with E-state index in [9.17, 15) is 4.79 Å². The Kier molecular flexibility index (Phi) is 10.7. The Morgan fingerprint density at radius 3 is 2.48 bits per heavy atom. The molecule has 144 valence electrons. The molecule has 0 atom stereocenters. The Labute approximate surface area is 177 Å². The third-order valence-corrected chi connectivity index (χ3v) is 3.94. The largest absolute Gasteiger partial charge is 0.357 e. The third-order valence-electron chi connectivity index (χ3n) is 3.51. The minimum atomic E-state index is -0.370. The average Bonchev–Trinajstić information content (AvgIpc) is 2.78. The number of halogens is 2. The van der Waals surface area contributed by atoms with E-state index < -0.39 is 0 Å². The SMILES string of the molecule is CCNC(=NCCNC(=O)C(C)(C)C)N(C)Cc1cc(Br)cn1C.I. The molecule has 0 radical (unpaired) electrons. The molecular formula is C17H31BrIN5O. The smallest absolute Gasteiger partial charge is 0.225 e. The van der Waals surface area contributed by atoms with Crippen LogP contribution in [0, 0.1) is 5.41 Å². The highest BCUT2D eigenvalue weighted by Crippen LogP contribution is 2.15. The number of nitrogens with one attached hydrogen (secondary N) is 2. The standard InChI is InChI=1S/C17H30BrN5O.HI/c1-7-19-16(21-9-8-20-15(24)17(2,3)4)23(6)12-14-10-13(18)11-22(14)5;/h10-11H,7-9,12H2,1-6H3,(H,19,21)(H,20,24);1H. The quantitative estimate of drug-likeness (QED) is 0.259. The van der Waals surface area contributed by atoms with E-state index in [1.54, 1.807) is 0 Å². The van der Waals surface area contributed by atoms with Gasteiger partial charge in [-0.25, -0.2) is 0 Å². The maximum atomic E-state index is 11.9. The topological polar surface area (TPSA) is 61.7 Å². The number of carbonyl (C=O) groups is 1. The number of amides is 1. The van der Waals surface area contributed by atoms with E-state index in [4.69, 9.17) is 0 Å². The summed E-state index contributed by atoms with van der Waals surface area (Å²) in [4.78, 5) is 18.5. The number of aromatic nitrogens is 1. The molecule has 1 amide bonds. The van der Waals surface area contributed by atoms with Crippen LogP contribution in [0.5, 0.6) is 0 Å². The zero-order valence-electron chi connectivity index (χ0n) is 16.0. The lowest BCUT2D eigenvalue weighted by Gasteiger charge is -2.22. The number of aryl methyl sites for hydroxylation is 1. The van der Waals surface area contributed by atoms with E-state index in [-0.39, 0.29) is 35.3 Å². The summed E-state index contributed by atoms with van der Waals surface area (Å²) in [6.45, 7) is 10.4. The predicted octanol–water partition coefficient (Wildman–Crippen LogP) is 2.97. The van der Waals surface area contributed by atoms with E-state index >= 15 is 0 Å². The van der Waals surface area contributed by atoms with E-state index in [1.807, 2.05) is 48.0 Å². The van der Waals surface area contributed by atoms with Gasteiger partial charge in [0.05, 0.1) is 13.1 Å². The van der Waals surface area contributed by atoms with Crippen molar-refractivity contribution in [1.29, 1.82) is 0 Å². The molecule has 2 N–H and O–H groups in total. The molecule has 0 aromatic carbocycles. The van der Waals surface area contributed by atoms with Gasteiger partial charge in [0.15, 0.2) is 5.96 Å². The summed E-state index contributed by atoms with van der Waals surface area (Å²) in [5.41, 5.74) is 0.821. The molecule has 0 saturated heterocycles. The van der Waals surface area contributed by atoms with Gasteiger partial charge in [0.25, 0.3) is 0 Å². The second-order valence-corrected chi connectivity index (χ2v) is 7.77. The number of rotatable bonds is 6. The van der Waals surface area contributed by atoms with Crippen LogP contribution in [0.15, 0.2) is 21.7 Å². The first kappa shape index (κ1) is 24.2. The van der Waals surface area contributed by atoms with Crippen LogP contribution >= 0.6 is 39.9 Å². The molecule has 1 aromatic heterocycles. The highest BCUT2D eigenvalue weighted by molar-refractivity contribution is 14.0. The van der Waals surface area contributed by atoms with E-state index in [0.717, 1.165) is 23.5 Å². The Morgan fingerprint density at radius 2 is 2.00 bits per heavy atom. The van der Waals surface area contributed by atoms with Gasteiger partial charge in [0, 0.05) is 49.0 Å². The molecule has 25 heavy (non-hydrogen) atoms. The molecule has 0 aliphatic heterocycles. The van der Waals surface area contributed by atoms with Crippen molar-refractivity contribution >= 4 is 51.8 Å².